The van der Waals surface area contributed by atoms with E-state index in [0.717, 1.165) is 3.57 Å². The zero-order valence-electron chi connectivity index (χ0n) is 7.08. The molecule has 3 nitrogen and oxygen atoms in total. The Labute approximate surface area is 89.9 Å². The monoisotopic (exact) mass is 292 g/mol. The summed E-state index contributed by atoms with van der Waals surface area (Å²) in [4.78, 5) is 10.7. The number of ether oxygens (including phenoxy) is 1. The molecule has 0 aliphatic heterocycles. The first-order valence-corrected chi connectivity index (χ1v) is 4.88. The molecule has 0 spiro atoms. The number of carboxylic acids is 1. The molecule has 0 aromatic heterocycles. The highest BCUT2D eigenvalue weighted by atomic mass is 127. The largest absolute Gasteiger partial charge is 0.493 e. The van der Waals surface area contributed by atoms with Gasteiger partial charge in [0, 0.05) is 3.57 Å². The van der Waals surface area contributed by atoms with Gasteiger partial charge in [-0.2, -0.15) is 0 Å². The van der Waals surface area contributed by atoms with Gasteiger partial charge in [0.1, 0.15) is 11.3 Å². The average molecular weight is 292 g/mol. The Bertz CT molecular complexity index is 323. The Kier molecular flexibility index (Phi) is 3.53. The van der Waals surface area contributed by atoms with Crippen LogP contribution in [0.4, 0.5) is 0 Å². The molecule has 1 aromatic rings. The van der Waals surface area contributed by atoms with Crippen LogP contribution < -0.4 is 4.74 Å². The predicted octanol–water partition coefficient (Wildman–Crippen LogP) is 2.39. The third kappa shape index (κ3) is 2.58. The Morgan fingerprint density at radius 1 is 1.62 bits per heavy atom. The predicted molar refractivity (Wildman–Crippen MR) is 57.3 cm³/mol. The summed E-state index contributed by atoms with van der Waals surface area (Å²) in [7, 11) is 0. The summed E-state index contributed by atoms with van der Waals surface area (Å²) in [6, 6.07) is 5.01. The van der Waals surface area contributed by atoms with E-state index in [9.17, 15) is 4.79 Å². The molecule has 0 saturated carbocycles. The van der Waals surface area contributed by atoms with Crippen molar-refractivity contribution in [2.75, 3.05) is 6.61 Å². The third-order valence-electron chi connectivity index (χ3n) is 1.47. The molecule has 0 aliphatic carbocycles. The van der Waals surface area contributed by atoms with Crippen molar-refractivity contribution < 1.29 is 14.6 Å². The van der Waals surface area contributed by atoms with Gasteiger partial charge in [-0.15, -0.1) is 0 Å². The number of hydrogen-bond acceptors (Lipinski definition) is 2. The highest BCUT2D eigenvalue weighted by Crippen LogP contribution is 2.21. The summed E-state index contributed by atoms with van der Waals surface area (Å²) in [6.45, 7) is 2.30. The van der Waals surface area contributed by atoms with Crippen molar-refractivity contribution in [3.8, 4) is 5.75 Å². The first-order chi connectivity index (χ1) is 6.15. The number of rotatable bonds is 3. The molecule has 70 valence electrons. The molecule has 0 saturated heterocycles. The van der Waals surface area contributed by atoms with E-state index in [2.05, 4.69) is 22.6 Å². The molecular weight excluding hydrogens is 283 g/mol. The summed E-state index contributed by atoms with van der Waals surface area (Å²) in [5.41, 5.74) is 0.210. The van der Waals surface area contributed by atoms with Crippen molar-refractivity contribution >= 4 is 28.6 Å². The van der Waals surface area contributed by atoms with E-state index >= 15 is 0 Å². The zero-order valence-corrected chi connectivity index (χ0v) is 9.24. The van der Waals surface area contributed by atoms with Gasteiger partial charge in [-0.05, 0) is 47.7 Å². The molecule has 1 rings (SSSR count). The second-order valence-electron chi connectivity index (χ2n) is 2.38. The smallest absolute Gasteiger partial charge is 0.339 e. The van der Waals surface area contributed by atoms with Crippen molar-refractivity contribution in [3.63, 3.8) is 0 Å². The maximum atomic E-state index is 10.7. The average Bonchev–Trinajstić information content (AvgIpc) is 2.04. The van der Waals surface area contributed by atoms with Crippen LogP contribution >= 0.6 is 22.6 Å². The molecule has 0 bridgehead atoms. The summed E-state index contributed by atoms with van der Waals surface area (Å²) in [5.74, 6) is -0.526. The Morgan fingerprint density at radius 2 is 2.31 bits per heavy atom. The van der Waals surface area contributed by atoms with Crippen molar-refractivity contribution in [2.45, 2.75) is 6.92 Å². The maximum Gasteiger partial charge on any atom is 0.339 e. The SMILES string of the molecule is CCOc1cc(I)ccc1C(=O)O. The summed E-state index contributed by atoms with van der Waals surface area (Å²) in [5, 5.41) is 8.80. The lowest BCUT2D eigenvalue weighted by molar-refractivity contribution is 0.0692. The molecule has 1 N–H and O–H groups in total. The summed E-state index contributed by atoms with van der Waals surface area (Å²) >= 11 is 2.11. The summed E-state index contributed by atoms with van der Waals surface area (Å²) in [6.07, 6.45) is 0. The lowest BCUT2D eigenvalue weighted by atomic mass is 10.2. The fourth-order valence-electron chi connectivity index (χ4n) is 0.948. The van der Waals surface area contributed by atoms with Crippen LogP contribution in [0.25, 0.3) is 0 Å². The van der Waals surface area contributed by atoms with E-state index in [-0.39, 0.29) is 5.56 Å². The molecule has 0 heterocycles. The van der Waals surface area contributed by atoms with Crippen molar-refractivity contribution in [3.05, 3.63) is 27.3 Å². The highest BCUT2D eigenvalue weighted by Gasteiger charge is 2.10. The normalized spacial score (nSPS) is 9.69. The van der Waals surface area contributed by atoms with Gasteiger partial charge >= 0.3 is 5.97 Å². The van der Waals surface area contributed by atoms with E-state index in [0.29, 0.717) is 12.4 Å². The topological polar surface area (TPSA) is 46.5 Å². The Balaban J connectivity index is 3.10. The van der Waals surface area contributed by atoms with Gasteiger partial charge in [-0.25, -0.2) is 4.79 Å². The van der Waals surface area contributed by atoms with Gasteiger partial charge in [0.05, 0.1) is 6.61 Å². The minimum atomic E-state index is -0.958. The van der Waals surface area contributed by atoms with E-state index in [4.69, 9.17) is 9.84 Å². The van der Waals surface area contributed by atoms with E-state index in [1.807, 2.05) is 6.92 Å². The van der Waals surface area contributed by atoms with Crippen molar-refractivity contribution in [2.24, 2.45) is 0 Å². The second-order valence-corrected chi connectivity index (χ2v) is 3.62. The number of benzene rings is 1. The van der Waals surface area contributed by atoms with Gasteiger partial charge in [0.15, 0.2) is 0 Å². The Hall–Kier alpha value is -0.780. The van der Waals surface area contributed by atoms with E-state index in [1.165, 1.54) is 0 Å². The summed E-state index contributed by atoms with van der Waals surface area (Å²) < 4.78 is 6.16. The van der Waals surface area contributed by atoms with Crippen LogP contribution in [0.1, 0.15) is 17.3 Å². The molecule has 1 aromatic carbocycles. The molecule has 0 unspecified atom stereocenters. The van der Waals surface area contributed by atoms with Gasteiger partial charge in [-0.1, -0.05) is 0 Å². The molecule has 0 fully saturated rings. The standard InChI is InChI=1S/C9H9IO3/c1-2-13-8-5-6(10)3-4-7(8)9(11)12/h3-5H,2H2,1H3,(H,11,12). The quantitative estimate of drug-likeness (QED) is 0.870. The second kappa shape index (κ2) is 4.45. The minimum absolute atomic E-state index is 0.210. The van der Waals surface area contributed by atoms with Crippen LogP contribution in [-0.2, 0) is 0 Å². The van der Waals surface area contributed by atoms with Crippen LogP contribution in [-0.4, -0.2) is 17.7 Å². The van der Waals surface area contributed by atoms with E-state index in [1.54, 1.807) is 18.2 Å². The first kappa shape index (κ1) is 10.3. The third-order valence-corrected chi connectivity index (χ3v) is 2.14. The molecule has 0 atom stereocenters. The Morgan fingerprint density at radius 3 is 2.85 bits per heavy atom. The van der Waals surface area contributed by atoms with Gasteiger partial charge in [0.2, 0.25) is 0 Å². The van der Waals surface area contributed by atoms with Gasteiger partial charge in [0.25, 0.3) is 0 Å². The lowest BCUT2D eigenvalue weighted by Gasteiger charge is -2.06. The molecule has 13 heavy (non-hydrogen) atoms. The van der Waals surface area contributed by atoms with Crippen molar-refractivity contribution in [1.82, 2.24) is 0 Å². The number of hydrogen-bond donors (Lipinski definition) is 1. The van der Waals surface area contributed by atoms with Crippen LogP contribution in [0.15, 0.2) is 18.2 Å². The lowest BCUT2D eigenvalue weighted by Crippen LogP contribution is -2.02. The van der Waals surface area contributed by atoms with Crippen LogP contribution in [0.3, 0.4) is 0 Å². The fraction of sp³-hybridized carbons (Fsp3) is 0.222. The molecular formula is C9H9IO3. The number of carbonyl (C=O) groups is 1. The fourth-order valence-corrected chi connectivity index (χ4v) is 1.41. The van der Waals surface area contributed by atoms with Crippen molar-refractivity contribution in [1.29, 1.82) is 0 Å². The number of halogens is 1. The molecule has 0 radical (unpaired) electrons. The highest BCUT2D eigenvalue weighted by molar-refractivity contribution is 14.1. The molecule has 4 heteroatoms. The van der Waals surface area contributed by atoms with Crippen LogP contribution in [0.5, 0.6) is 5.75 Å². The first-order valence-electron chi connectivity index (χ1n) is 3.80. The zero-order chi connectivity index (χ0) is 9.84. The number of aromatic carboxylic acids is 1. The van der Waals surface area contributed by atoms with Crippen LogP contribution in [0.2, 0.25) is 0 Å². The number of carboxylic acid groups (broad SMARTS) is 1. The maximum absolute atomic E-state index is 10.7. The molecule has 0 amide bonds. The van der Waals surface area contributed by atoms with Gasteiger partial charge in [-0.3, -0.25) is 0 Å². The van der Waals surface area contributed by atoms with Gasteiger partial charge < -0.3 is 9.84 Å². The van der Waals surface area contributed by atoms with E-state index < -0.39 is 5.97 Å². The van der Waals surface area contributed by atoms with Crippen LogP contribution in [0, 0.1) is 3.57 Å². The minimum Gasteiger partial charge on any atom is -0.493 e. The molecule has 0 aliphatic rings.